The van der Waals surface area contributed by atoms with Crippen molar-refractivity contribution in [2.45, 2.75) is 19.4 Å². The minimum atomic E-state index is -0.233. The zero-order chi connectivity index (χ0) is 12.5. The monoisotopic (exact) mass is 248 g/mol. The standard InChI is InChI=1S/C13H17FN4/c1-2-18(10-5-6-15-8-10)13-16-11-4-3-9(14)7-12(11)17-13/h3-4,7,10,15H,2,5-6,8H2,1H3,(H,16,17). The summed E-state index contributed by atoms with van der Waals surface area (Å²) in [6.07, 6.45) is 1.12. The number of anilines is 1. The van der Waals surface area contributed by atoms with Crippen LogP contribution in [0.15, 0.2) is 18.2 Å². The Labute approximate surface area is 105 Å². The summed E-state index contributed by atoms with van der Waals surface area (Å²) < 4.78 is 13.2. The summed E-state index contributed by atoms with van der Waals surface area (Å²) in [5, 5.41) is 3.36. The van der Waals surface area contributed by atoms with Gasteiger partial charge in [0, 0.05) is 19.1 Å². The normalized spacial score (nSPS) is 19.6. The van der Waals surface area contributed by atoms with E-state index >= 15 is 0 Å². The summed E-state index contributed by atoms with van der Waals surface area (Å²) in [5.74, 6) is 0.607. The van der Waals surface area contributed by atoms with Crippen molar-refractivity contribution in [3.05, 3.63) is 24.0 Å². The molecule has 0 bridgehead atoms. The highest BCUT2D eigenvalue weighted by Crippen LogP contribution is 2.21. The lowest BCUT2D eigenvalue weighted by atomic mass is 10.2. The molecular weight excluding hydrogens is 231 g/mol. The highest BCUT2D eigenvalue weighted by molar-refractivity contribution is 5.77. The topological polar surface area (TPSA) is 44.0 Å². The zero-order valence-corrected chi connectivity index (χ0v) is 10.4. The number of halogens is 1. The number of imidazole rings is 1. The number of rotatable bonds is 3. The van der Waals surface area contributed by atoms with E-state index in [2.05, 4.69) is 27.1 Å². The number of benzene rings is 1. The number of fused-ring (bicyclic) bond motifs is 1. The van der Waals surface area contributed by atoms with Crippen molar-refractivity contribution in [2.24, 2.45) is 0 Å². The maximum atomic E-state index is 13.2. The van der Waals surface area contributed by atoms with Crippen molar-refractivity contribution in [1.29, 1.82) is 0 Å². The van der Waals surface area contributed by atoms with Crippen LogP contribution in [0.2, 0.25) is 0 Å². The van der Waals surface area contributed by atoms with Gasteiger partial charge in [-0.2, -0.15) is 0 Å². The van der Waals surface area contributed by atoms with Gasteiger partial charge in [0.15, 0.2) is 0 Å². The predicted octanol–water partition coefficient (Wildman–Crippen LogP) is 1.89. The van der Waals surface area contributed by atoms with E-state index in [0.29, 0.717) is 6.04 Å². The Morgan fingerprint density at radius 1 is 1.50 bits per heavy atom. The Kier molecular flexibility index (Phi) is 2.91. The summed E-state index contributed by atoms with van der Waals surface area (Å²) in [4.78, 5) is 10.0. The van der Waals surface area contributed by atoms with Crippen molar-refractivity contribution in [1.82, 2.24) is 15.3 Å². The van der Waals surface area contributed by atoms with Crippen LogP contribution in [0.5, 0.6) is 0 Å². The highest BCUT2D eigenvalue weighted by Gasteiger charge is 2.23. The average Bonchev–Trinajstić information content (AvgIpc) is 2.98. The fraction of sp³-hybridized carbons (Fsp3) is 0.462. The molecule has 1 saturated heterocycles. The van der Waals surface area contributed by atoms with Gasteiger partial charge in [0.05, 0.1) is 11.0 Å². The van der Waals surface area contributed by atoms with E-state index in [1.54, 1.807) is 6.07 Å². The summed E-state index contributed by atoms with van der Waals surface area (Å²) in [7, 11) is 0. The van der Waals surface area contributed by atoms with Crippen LogP contribution in [-0.2, 0) is 0 Å². The van der Waals surface area contributed by atoms with E-state index in [1.165, 1.54) is 12.1 Å². The van der Waals surface area contributed by atoms with Gasteiger partial charge < -0.3 is 15.2 Å². The number of hydrogen-bond donors (Lipinski definition) is 2. The number of hydrogen-bond acceptors (Lipinski definition) is 3. The number of H-pyrrole nitrogens is 1. The first-order valence-electron chi connectivity index (χ1n) is 6.40. The molecule has 2 N–H and O–H groups in total. The number of aromatic nitrogens is 2. The zero-order valence-electron chi connectivity index (χ0n) is 10.4. The molecule has 1 aliphatic heterocycles. The van der Waals surface area contributed by atoms with Crippen LogP contribution >= 0.6 is 0 Å². The third kappa shape index (κ3) is 1.95. The Morgan fingerprint density at radius 3 is 3.11 bits per heavy atom. The Morgan fingerprint density at radius 2 is 2.39 bits per heavy atom. The van der Waals surface area contributed by atoms with Crippen molar-refractivity contribution >= 4 is 17.0 Å². The molecule has 1 aromatic carbocycles. The number of likely N-dealkylation sites (N-methyl/N-ethyl adjacent to an activating group) is 1. The fourth-order valence-corrected chi connectivity index (χ4v) is 2.59. The lowest BCUT2D eigenvalue weighted by Crippen LogP contribution is -2.37. The molecule has 1 aromatic heterocycles. The van der Waals surface area contributed by atoms with Gasteiger partial charge in [-0.3, -0.25) is 0 Å². The predicted molar refractivity (Wildman–Crippen MR) is 70.3 cm³/mol. The number of nitrogens with zero attached hydrogens (tertiary/aromatic N) is 2. The van der Waals surface area contributed by atoms with Gasteiger partial charge in [-0.15, -0.1) is 0 Å². The van der Waals surface area contributed by atoms with E-state index in [0.717, 1.165) is 43.0 Å². The molecule has 2 aromatic rings. The van der Waals surface area contributed by atoms with Crippen molar-refractivity contribution in [2.75, 3.05) is 24.5 Å². The molecule has 18 heavy (non-hydrogen) atoms. The molecule has 2 heterocycles. The summed E-state index contributed by atoms with van der Waals surface area (Å²) in [6, 6.07) is 5.12. The molecule has 0 aliphatic carbocycles. The van der Waals surface area contributed by atoms with Crippen LogP contribution in [0.3, 0.4) is 0 Å². The van der Waals surface area contributed by atoms with Gasteiger partial charge in [-0.25, -0.2) is 9.37 Å². The van der Waals surface area contributed by atoms with Crippen LogP contribution in [0.4, 0.5) is 10.3 Å². The van der Waals surface area contributed by atoms with Crippen molar-refractivity contribution < 1.29 is 4.39 Å². The summed E-state index contributed by atoms with van der Waals surface area (Å²) >= 11 is 0. The minimum Gasteiger partial charge on any atom is -0.338 e. The molecule has 3 rings (SSSR count). The second kappa shape index (κ2) is 4.57. The smallest absolute Gasteiger partial charge is 0.204 e. The first kappa shape index (κ1) is 11.5. The number of nitrogens with one attached hydrogen (secondary N) is 2. The number of aromatic amines is 1. The van der Waals surface area contributed by atoms with Crippen LogP contribution in [0.1, 0.15) is 13.3 Å². The van der Waals surface area contributed by atoms with Crippen LogP contribution in [-0.4, -0.2) is 35.6 Å². The van der Waals surface area contributed by atoms with Gasteiger partial charge >= 0.3 is 0 Å². The average molecular weight is 248 g/mol. The van der Waals surface area contributed by atoms with Gasteiger partial charge in [0.1, 0.15) is 5.82 Å². The maximum absolute atomic E-state index is 13.2. The van der Waals surface area contributed by atoms with Crippen molar-refractivity contribution in [3.63, 3.8) is 0 Å². The highest BCUT2D eigenvalue weighted by atomic mass is 19.1. The second-order valence-electron chi connectivity index (χ2n) is 4.65. The minimum absolute atomic E-state index is 0.233. The molecule has 1 aliphatic rings. The largest absolute Gasteiger partial charge is 0.338 e. The van der Waals surface area contributed by atoms with Gasteiger partial charge in [0.25, 0.3) is 0 Å². The Balaban J connectivity index is 1.96. The van der Waals surface area contributed by atoms with E-state index in [9.17, 15) is 4.39 Å². The molecule has 96 valence electrons. The van der Waals surface area contributed by atoms with Gasteiger partial charge in [0.2, 0.25) is 5.95 Å². The molecule has 1 fully saturated rings. The maximum Gasteiger partial charge on any atom is 0.204 e. The SMILES string of the molecule is CCN(c1nc2ccc(F)cc2[nH]1)C1CCNC1. The van der Waals surface area contributed by atoms with E-state index < -0.39 is 0 Å². The molecule has 0 spiro atoms. The van der Waals surface area contributed by atoms with Crippen LogP contribution in [0.25, 0.3) is 11.0 Å². The van der Waals surface area contributed by atoms with Gasteiger partial charge in [-0.1, -0.05) is 0 Å². The molecule has 1 atom stereocenters. The van der Waals surface area contributed by atoms with Crippen LogP contribution in [0, 0.1) is 5.82 Å². The van der Waals surface area contributed by atoms with E-state index in [-0.39, 0.29) is 5.82 Å². The third-order valence-electron chi connectivity index (χ3n) is 3.52. The van der Waals surface area contributed by atoms with Crippen LogP contribution < -0.4 is 10.2 Å². The quantitative estimate of drug-likeness (QED) is 0.871. The van der Waals surface area contributed by atoms with Gasteiger partial charge in [-0.05, 0) is 38.1 Å². The molecule has 0 saturated carbocycles. The van der Waals surface area contributed by atoms with Crippen molar-refractivity contribution in [3.8, 4) is 0 Å². The molecule has 0 radical (unpaired) electrons. The first-order valence-corrected chi connectivity index (χ1v) is 6.40. The molecule has 0 amide bonds. The Hall–Kier alpha value is -1.62. The molecule has 5 heteroatoms. The summed E-state index contributed by atoms with van der Waals surface area (Å²) in [5.41, 5.74) is 1.57. The van der Waals surface area contributed by atoms with E-state index in [1.807, 2.05) is 0 Å². The third-order valence-corrected chi connectivity index (χ3v) is 3.52. The molecule has 1 unspecified atom stereocenters. The Bertz CT molecular complexity index is 545. The molecular formula is C13H17FN4. The summed E-state index contributed by atoms with van der Waals surface area (Å²) in [6.45, 7) is 5.05. The first-order chi connectivity index (χ1) is 8.78. The fourth-order valence-electron chi connectivity index (χ4n) is 2.59. The lowest BCUT2D eigenvalue weighted by molar-refractivity contribution is 0.629. The molecule has 4 nitrogen and oxygen atoms in total. The second-order valence-corrected chi connectivity index (χ2v) is 4.65. The lowest BCUT2D eigenvalue weighted by Gasteiger charge is -2.26. The van der Waals surface area contributed by atoms with E-state index in [4.69, 9.17) is 0 Å².